The van der Waals surface area contributed by atoms with E-state index in [1.165, 1.54) is 28.3 Å². The van der Waals surface area contributed by atoms with Crippen molar-refractivity contribution in [2.45, 2.75) is 17.7 Å². The summed E-state index contributed by atoms with van der Waals surface area (Å²) in [6.07, 6.45) is 6.97. The molecule has 2 heterocycles. The zero-order chi connectivity index (χ0) is 18.5. The molecular weight excluding hydrogens is 356 g/mol. The molecule has 0 saturated heterocycles. The minimum atomic E-state index is -0.0779. The van der Waals surface area contributed by atoms with Crippen LogP contribution in [0.3, 0.4) is 0 Å². The fourth-order valence-electron chi connectivity index (χ4n) is 2.96. The van der Waals surface area contributed by atoms with Gasteiger partial charge in [0.15, 0.2) is 6.04 Å². The molecule has 5 nitrogen and oxygen atoms in total. The molecule has 6 heteroatoms. The molecule has 0 aliphatic rings. The summed E-state index contributed by atoms with van der Waals surface area (Å²) < 4.78 is 5.79. The molecule has 4 rings (SSSR count). The zero-order valence-electron chi connectivity index (χ0n) is 14.8. The number of para-hydroxylation sites is 1. The molecule has 0 aliphatic heterocycles. The normalized spacial score (nSPS) is 12.8. The van der Waals surface area contributed by atoms with E-state index in [4.69, 9.17) is 4.42 Å². The van der Waals surface area contributed by atoms with Gasteiger partial charge in [0.2, 0.25) is 0 Å². The van der Waals surface area contributed by atoms with Crippen LogP contribution in [-0.4, -0.2) is 20.9 Å². The highest BCUT2D eigenvalue weighted by Gasteiger charge is 2.20. The first-order valence-corrected chi connectivity index (χ1v) is 9.84. The van der Waals surface area contributed by atoms with Crippen molar-refractivity contribution >= 4 is 28.7 Å². The predicted octanol–water partition coefficient (Wildman–Crippen LogP) is 3.88. The zero-order valence-corrected chi connectivity index (χ0v) is 15.7. The summed E-state index contributed by atoms with van der Waals surface area (Å²) in [5.74, 6) is 1.36. The third kappa shape index (κ3) is 4.30. The maximum Gasteiger partial charge on any atom is 0.277 e. The lowest BCUT2D eigenvalue weighted by atomic mass is 10.1. The lowest BCUT2D eigenvalue weighted by Crippen LogP contribution is -2.54. The van der Waals surface area contributed by atoms with Gasteiger partial charge in [-0.25, -0.2) is 0 Å². The molecular formula is C21H21N4OS+. The standard InChI is InChI=1S/C21H20N4OS/c22-18(13-16-14-23-19-11-5-4-10-17(16)19)20-24-25-21(26-20)27-12-6-9-15-7-2-1-3-8-15/h1-11,14,18,23H,12-13,22H2/p+1/b9-6+/t18-/m0/s1. The maximum absolute atomic E-state index is 5.79. The number of aromatic nitrogens is 3. The number of nitrogens with one attached hydrogen (secondary N) is 1. The largest absolute Gasteiger partial charge is 0.410 e. The summed E-state index contributed by atoms with van der Waals surface area (Å²) in [6.45, 7) is 0. The van der Waals surface area contributed by atoms with Crippen LogP contribution in [-0.2, 0) is 6.42 Å². The van der Waals surface area contributed by atoms with E-state index in [2.05, 4.69) is 57.3 Å². The summed E-state index contributed by atoms with van der Waals surface area (Å²) in [6, 6.07) is 18.4. The molecule has 0 spiro atoms. The van der Waals surface area contributed by atoms with Crippen molar-refractivity contribution in [3.05, 3.63) is 83.9 Å². The fraction of sp³-hybridized carbons (Fsp3) is 0.143. The molecule has 2 aromatic heterocycles. The first-order chi connectivity index (χ1) is 13.3. The maximum atomic E-state index is 5.79. The topological polar surface area (TPSA) is 82.4 Å². The van der Waals surface area contributed by atoms with E-state index in [1.807, 2.05) is 36.5 Å². The Morgan fingerprint density at radius 2 is 1.89 bits per heavy atom. The summed E-state index contributed by atoms with van der Waals surface area (Å²) in [5, 5.41) is 10.1. The predicted molar refractivity (Wildman–Crippen MR) is 108 cm³/mol. The molecule has 0 aliphatic carbocycles. The number of hydrogen-bond acceptors (Lipinski definition) is 4. The van der Waals surface area contributed by atoms with Crippen molar-refractivity contribution in [1.82, 2.24) is 15.2 Å². The van der Waals surface area contributed by atoms with Crippen molar-refractivity contribution in [2.75, 3.05) is 5.75 Å². The molecule has 27 heavy (non-hydrogen) atoms. The van der Waals surface area contributed by atoms with Crippen LogP contribution in [0.2, 0.25) is 0 Å². The first-order valence-electron chi connectivity index (χ1n) is 8.85. The Morgan fingerprint density at radius 3 is 2.78 bits per heavy atom. The average molecular weight is 377 g/mol. The van der Waals surface area contributed by atoms with E-state index in [9.17, 15) is 0 Å². The minimum Gasteiger partial charge on any atom is -0.410 e. The quantitative estimate of drug-likeness (QED) is 0.479. The lowest BCUT2D eigenvalue weighted by Gasteiger charge is -2.02. The van der Waals surface area contributed by atoms with Gasteiger partial charge in [-0.15, -0.1) is 10.2 Å². The van der Waals surface area contributed by atoms with Crippen LogP contribution in [0.15, 0.2) is 76.5 Å². The Labute approximate surface area is 161 Å². The second-order valence-electron chi connectivity index (χ2n) is 6.29. The number of aromatic amines is 1. The van der Waals surface area contributed by atoms with E-state index in [0.717, 1.165) is 17.7 Å². The number of rotatable bonds is 7. The summed E-state index contributed by atoms with van der Waals surface area (Å²) in [7, 11) is 0. The Balaban J connectivity index is 1.35. The molecule has 1 atom stereocenters. The molecule has 2 aromatic carbocycles. The van der Waals surface area contributed by atoms with Gasteiger partial charge < -0.3 is 15.1 Å². The summed E-state index contributed by atoms with van der Waals surface area (Å²) >= 11 is 1.53. The Morgan fingerprint density at radius 1 is 1.07 bits per heavy atom. The van der Waals surface area contributed by atoms with Crippen LogP contribution in [0.1, 0.15) is 23.1 Å². The minimum absolute atomic E-state index is 0.0779. The van der Waals surface area contributed by atoms with Crippen molar-refractivity contribution in [3.8, 4) is 0 Å². The van der Waals surface area contributed by atoms with Crippen LogP contribution in [0.4, 0.5) is 0 Å². The number of H-pyrrole nitrogens is 1. The molecule has 4 N–H and O–H groups in total. The third-order valence-corrected chi connectivity index (χ3v) is 5.10. The third-order valence-electron chi connectivity index (χ3n) is 4.33. The number of benzene rings is 2. The van der Waals surface area contributed by atoms with Crippen molar-refractivity contribution in [3.63, 3.8) is 0 Å². The van der Waals surface area contributed by atoms with Crippen LogP contribution >= 0.6 is 11.8 Å². The van der Waals surface area contributed by atoms with Crippen LogP contribution in [0.25, 0.3) is 17.0 Å². The monoisotopic (exact) mass is 377 g/mol. The molecule has 0 radical (unpaired) electrons. The van der Waals surface area contributed by atoms with Crippen molar-refractivity contribution < 1.29 is 10.2 Å². The molecule has 0 fully saturated rings. The lowest BCUT2D eigenvalue weighted by molar-refractivity contribution is -0.431. The van der Waals surface area contributed by atoms with Crippen molar-refractivity contribution in [2.24, 2.45) is 0 Å². The van der Waals surface area contributed by atoms with E-state index >= 15 is 0 Å². The Hall–Kier alpha value is -2.83. The van der Waals surface area contributed by atoms with Crippen LogP contribution in [0, 0.1) is 0 Å². The molecule has 4 aromatic rings. The van der Waals surface area contributed by atoms with Gasteiger partial charge >= 0.3 is 0 Å². The van der Waals surface area contributed by atoms with Crippen molar-refractivity contribution in [1.29, 1.82) is 0 Å². The van der Waals surface area contributed by atoms with Gasteiger partial charge in [-0.05, 0) is 17.2 Å². The number of hydrogen-bond donors (Lipinski definition) is 2. The number of quaternary nitrogens is 1. The highest BCUT2D eigenvalue weighted by atomic mass is 32.2. The van der Waals surface area contributed by atoms with Gasteiger partial charge in [0.1, 0.15) is 0 Å². The van der Waals surface area contributed by atoms with Gasteiger partial charge in [-0.2, -0.15) is 0 Å². The SMILES string of the molecule is [NH3+][C@@H](Cc1c[nH]c2ccccc12)c1nnc(SC/C=C/c2ccccc2)o1. The molecule has 0 bridgehead atoms. The van der Waals surface area contributed by atoms with E-state index in [-0.39, 0.29) is 6.04 Å². The summed E-state index contributed by atoms with van der Waals surface area (Å²) in [5.41, 5.74) is 7.73. The van der Waals surface area contributed by atoms with E-state index in [1.54, 1.807) is 0 Å². The molecule has 0 unspecified atom stereocenters. The fourth-order valence-corrected chi connectivity index (χ4v) is 3.54. The molecule has 136 valence electrons. The molecule has 0 amide bonds. The Bertz CT molecular complexity index is 1040. The number of thioether (sulfide) groups is 1. The van der Waals surface area contributed by atoms with Gasteiger partial charge in [0.25, 0.3) is 11.1 Å². The van der Waals surface area contributed by atoms with E-state index in [0.29, 0.717) is 11.1 Å². The first kappa shape index (κ1) is 17.6. The highest BCUT2D eigenvalue weighted by Crippen LogP contribution is 2.24. The molecule has 0 saturated carbocycles. The van der Waals surface area contributed by atoms with Crippen LogP contribution < -0.4 is 5.73 Å². The number of nitrogens with zero attached hydrogens (tertiary/aromatic N) is 2. The average Bonchev–Trinajstić information content (AvgIpc) is 3.34. The van der Waals surface area contributed by atoms with Gasteiger partial charge in [0.05, 0.1) is 0 Å². The smallest absolute Gasteiger partial charge is 0.277 e. The van der Waals surface area contributed by atoms with Crippen LogP contribution in [0.5, 0.6) is 0 Å². The number of fused-ring (bicyclic) bond motifs is 1. The van der Waals surface area contributed by atoms with Gasteiger partial charge in [0, 0.05) is 29.3 Å². The Kier molecular flexibility index (Phi) is 5.37. The van der Waals surface area contributed by atoms with Gasteiger partial charge in [-0.1, -0.05) is 72.4 Å². The second-order valence-corrected chi connectivity index (χ2v) is 7.26. The van der Waals surface area contributed by atoms with Gasteiger partial charge in [-0.3, -0.25) is 0 Å². The highest BCUT2D eigenvalue weighted by molar-refractivity contribution is 7.99. The van der Waals surface area contributed by atoms with E-state index < -0.39 is 0 Å². The summed E-state index contributed by atoms with van der Waals surface area (Å²) in [4.78, 5) is 3.29. The second kappa shape index (κ2) is 8.24.